The van der Waals surface area contributed by atoms with Crippen LogP contribution in [0.25, 0.3) is 11.3 Å². The number of aromatic hydroxyl groups is 2. The molecule has 0 radical (unpaired) electrons. The van der Waals surface area contributed by atoms with Crippen molar-refractivity contribution in [1.82, 2.24) is 15.6 Å². The van der Waals surface area contributed by atoms with Crippen molar-refractivity contribution in [3.63, 3.8) is 0 Å². The Bertz CT molecular complexity index is 909. The van der Waals surface area contributed by atoms with E-state index < -0.39 is 5.91 Å². The first kappa shape index (κ1) is 16.3. The molecular formula is C18H16N4O3. The fourth-order valence-corrected chi connectivity index (χ4v) is 2.34. The van der Waals surface area contributed by atoms with Crippen molar-refractivity contribution in [3.05, 3.63) is 65.4 Å². The number of carbonyl (C=O) groups excluding carboxylic acids is 1. The van der Waals surface area contributed by atoms with Crippen molar-refractivity contribution >= 4 is 12.1 Å². The van der Waals surface area contributed by atoms with E-state index in [0.29, 0.717) is 16.8 Å². The highest BCUT2D eigenvalue weighted by Crippen LogP contribution is 2.25. The molecule has 7 heteroatoms. The highest BCUT2D eigenvalue weighted by atomic mass is 16.3. The van der Waals surface area contributed by atoms with Gasteiger partial charge in [-0.25, -0.2) is 5.43 Å². The maximum absolute atomic E-state index is 12.1. The van der Waals surface area contributed by atoms with Crippen LogP contribution >= 0.6 is 0 Å². The van der Waals surface area contributed by atoms with E-state index >= 15 is 0 Å². The number of hydrogen-bond donors (Lipinski definition) is 4. The summed E-state index contributed by atoms with van der Waals surface area (Å²) in [5.41, 5.74) is 5.22. The van der Waals surface area contributed by atoms with Crippen LogP contribution in [0.15, 0.2) is 53.6 Å². The number of nitrogens with zero attached hydrogens (tertiary/aromatic N) is 2. The summed E-state index contributed by atoms with van der Waals surface area (Å²) in [6, 6.07) is 13.8. The summed E-state index contributed by atoms with van der Waals surface area (Å²) >= 11 is 0. The molecule has 1 heterocycles. The van der Waals surface area contributed by atoms with E-state index in [9.17, 15) is 15.0 Å². The maximum Gasteiger partial charge on any atom is 0.289 e. The van der Waals surface area contributed by atoms with Crippen molar-refractivity contribution < 1.29 is 15.0 Å². The second kappa shape index (κ2) is 6.88. The van der Waals surface area contributed by atoms with Crippen LogP contribution in [-0.2, 0) is 0 Å². The van der Waals surface area contributed by atoms with Gasteiger partial charge in [0.15, 0.2) is 0 Å². The molecule has 7 nitrogen and oxygen atoms in total. The van der Waals surface area contributed by atoms with E-state index in [0.717, 1.165) is 5.56 Å². The Morgan fingerprint density at radius 3 is 2.68 bits per heavy atom. The summed E-state index contributed by atoms with van der Waals surface area (Å²) in [4.78, 5) is 12.1. The van der Waals surface area contributed by atoms with Gasteiger partial charge in [0.2, 0.25) is 0 Å². The normalized spacial score (nSPS) is 10.9. The minimum Gasteiger partial charge on any atom is -0.508 e. The van der Waals surface area contributed by atoms with Gasteiger partial charge < -0.3 is 10.2 Å². The fourth-order valence-electron chi connectivity index (χ4n) is 2.34. The summed E-state index contributed by atoms with van der Waals surface area (Å²) in [5.74, 6) is -0.618. The summed E-state index contributed by atoms with van der Waals surface area (Å²) in [6.45, 7) is 1.71. The van der Waals surface area contributed by atoms with E-state index in [-0.39, 0.29) is 17.2 Å². The predicted octanol–water partition coefficient (Wildman–Crippen LogP) is 2.56. The maximum atomic E-state index is 12.1. The van der Waals surface area contributed by atoms with E-state index in [4.69, 9.17) is 0 Å². The molecule has 25 heavy (non-hydrogen) atoms. The SMILES string of the molecule is Cc1cc(O)cc(O)c1/C=N/NC(=O)c1cc(-c2ccccc2)n[nH]1. The average molecular weight is 336 g/mol. The van der Waals surface area contributed by atoms with Crippen molar-refractivity contribution in [3.8, 4) is 22.8 Å². The van der Waals surface area contributed by atoms with Crippen molar-refractivity contribution in [2.45, 2.75) is 6.92 Å². The van der Waals surface area contributed by atoms with Gasteiger partial charge in [-0.05, 0) is 24.6 Å². The monoisotopic (exact) mass is 336 g/mol. The average Bonchev–Trinajstić information content (AvgIpc) is 3.08. The van der Waals surface area contributed by atoms with Gasteiger partial charge in [0.1, 0.15) is 17.2 Å². The molecule has 126 valence electrons. The van der Waals surface area contributed by atoms with Gasteiger partial charge in [-0.2, -0.15) is 10.2 Å². The predicted molar refractivity (Wildman–Crippen MR) is 93.6 cm³/mol. The minimum absolute atomic E-state index is 0.0397. The second-order valence-electron chi connectivity index (χ2n) is 5.43. The summed E-state index contributed by atoms with van der Waals surface area (Å²) in [6.07, 6.45) is 1.32. The molecule has 0 aliphatic heterocycles. The molecule has 1 amide bonds. The van der Waals surface area contributed by atoms with Crippen LogP contribution in [0, 0.1) is 6.92 Å². The number of hydrogen-bond acceptors (Lipinski definition) is 5. The lowest BCUT2D eigenvalue weighted by Gasteiger charge is -2.04. The molecule has 0 aliphatic carbocycles. The van der Waals surface area contributed by atoms with Crippen LogP contribution in [0.1, 0.15) is 21.6 Å². The Labute approximate surface area is 143 Å². The molecule has 0 spiro atoms. The molecule has 4 N–H and O–H groups in total. The van der Waals surface area contributed by atoms with E-state index in [1.807, 2.05) is 30.3 Å². The number of aromatic amines is 1. The van der Waals surface area contributed by atoms with Gasteiger partial charge in [0.25, 0.3) is 5.91 Å². The largest absolute Gasteiger partial charge is 0.508 e. The number of nitrogens with one attached hydrogen (secondary N) is 2. The Balaban J connectivity index is 1.70. The van der Waals surface area contributed by atoms with Crippen LogP contribution in [0.2, 0.25) is 0 Å². The molecule has 0 atom stereocenters. The van der Waals surface area contributed by atoms with Gasteiger partial charge in [0.05, 0.1) is 11.9 Å². The number of aryl methyl sites for hydroxylation is 1. The lowest BCUT2D eigenvalue weighted by atomic mass is 10.1. The van der Waals surface area contributed by atoms with Crippen LogP contribution in [0.5, 0.6) is 11.5 Å². The number of rotatable bonds is 4. The number of benzene rings is 2. The highest BCUT2D eigenvalue weighted by Gasteiger charge is 2.10. The number of carbonyl (C=O) groups is 1. The molecule has 3 aromatic rings. The molecule has 1 aromatic heterocycles. The quantitative estimate of drug-likeness (QED) is 0.433. The third kappa shape index (κ3) is 3.66. The van der Waals surface area contributed by atoms with Crippen LogP contribution < -0.4 is 5.43 Å². The third-order valence-electron chi connectivity index (χ3n) is 3.60. The molecule has 0 bridgehead atoms. The van der Waals surface area contributed by atoms with Gasteiger partial charge >= 0.3 is 0 Å². The Kier molecular flexibility index (Phi) is 4.47. The zero-order valence-corrected chi connectivity index (χ0v) is 13.4. The lowest BCUT2D eigenvalue weighted by Crippen LogP contribution is -2.18. The standard InChI is InChI=1S/C18H16N4O3/c1-11-7-13(23)8-17(24)14(11)10-19-22-18(25)16-9-15(20-21-16)12-5-3-2-4-6-12/h2-10,23-24H,1H3,(H,20,21)(H,22,25)/b19-10+. The summed E-state index contributed by atoms with van der Waals surface area (Å²) in [5, 5.41) is 29.8. The highest BCUT2D eigenvalue weighted by molar-refractivity contribution is 5.94. The Morgan fingerprint density at radius 1 is 1.20 bits per heavy atom. The van der Waals surface area contributed by atoms with Crippen LogP contribution in [-0.4, -0.2) is 32.5 Å². The van der Waals surface area contributed by atoms with Crippen LogP contribution in [0.3, 0.4) is 0 Å². The number of aromatic nitrogens is 2. The van der Waals surface area contributed by atoms with Gasteiger partial charge in [-0.15, -0.1) is 0 Å². The van der Waals surface area contributed by atoms with Crippen molar-refractivity contribution in [2.24, 2.45) is 5.10 Å². The molecule has 0 saturated carbocycles. The van der Waals surface area contributed by atoms with Crippen molar-refractivity contribution in [1.29, 1.82) is 0 Å². The number of hydrazone groups is 1. The molecule has 0 saturated heterocycles. The smallest absolute Gasteiger partial charge is 0.289 e. The zero-order valence-electron chi connectivity index (χ0n) is 13.4. The molecule has 0 aliphatic rings. The Hall–Kier alpha value is -3.61. The third-order valence-corrected chi connectivity index (χ3v) is 3.60. The summed E-state index contributed by atoms with van der Waals surface area (Å²) in [7, 11) is 0. The minimum atomic E-state index is -0.457. The number of H-pyrrole nitrogens is 1. The molecule has 3 rings (SSSR count). The first-order chi connectivity index (χ1) is 12.0. The second-order valence-corrected chi connectivity index (χ2v) is 5.43. The molecule has 0 fully saturated rings. The summed E-state index contributed by atoms with van der Waals surface area (Å²) < 4.78 is 0. The van der Waals surface area contributed by atoms with E-state index in [2.05, 4.69) is 20.7 Å². The molecule has 2 aromatic carbocycles. The van der Waals surface area contributed by atoms with Gasteiger partial charge in [0, 0.05) is 17.2 Å². The molecular weight excluding hydrogens is 320 g/mol. The van der Waals surface area contributed by atoms with E-state index in [1.165, 1.54) is 18.3 Å². The first-order valence-corrected chi connectivity index (χ1v) is 7.51. The first-order valence-electron chi connectivity index (χ1n) is 7.51. The van der Waals surface area contributed by atoms with E-state index in [1.54, 1.807) is 13.0 Å². The number of amides is 1. The number of phenolic OH excluding ortho intramolecular Hbond substituents is 2. The fraction of sp³-hybridized carbons (Fsp3) is 0.0556. The molecule has 0 unspecified atom stereocenters. The van der Waals surface area contributed by atoms with Gasteiger partial charge in [-0.3, -0.25) is 9.89 Å². The van der Waals surface area contributed by atoms with Crippen molar-refractivity contribution in [2.75, 3.05) is 0 Å². The lowest BCUT2D eigenvalue weighted by molar-refractivity contribution is 0.0950. The van der Waals surface area contributed by atoms with Gasteiger partial charge in [-0.1, -0.05) is 30.3 Å². The topological polar surface area (TPSA) is 111 Å². The number of phenols is 2. The van der Waals surface area contributed by atoms with Crippen LogP contribution in [0.4, 0.5) is 0 Å². The zero-order chi connectivity index (χ0) is 17.8. The Morgan fingerprint density at radius 2 is 1.96 bits per heavy atom.